The summed E-state index contributed by atoms with van der Waals surface area (Å²) in [5.41, 5.74) is 0. The standard InChI is InChI=1S/C20H38O7S.C10H16N3/c1-5-9-11-16(7-3)14-26-19(21)13-18(28(23,24)25)20(22)27-15-17(8-4)12-10-6-2;1-2-3-6-12-8-9-13(10-12)7-4-5-11/h16-18H,5-15H2,1-4H3,(H,23,24,25);8-10H,2-4,6-7H2,1H3/q;+1/p-1. The molecule has 1 aromatic rings. The molecule has 1 rings (SSSR count). The summed E-state index contributed by atoms with van der Waals surface area (Å²) in [6.45, 7) is 12.3. The Morgan fingerprint density at radius 2 is 1.51 bits per heavy atom. The van der Waals surface area contributed by atoms with Crippen LogP contribution in [0.3, 0.4) is 0 Å². The molecule has 3 atom stereocenters. The average Bonchev–Trinajstić information content (AvgIpc) is 3.41. The number of aryl methyl sites for hydroxylation is 2. The molecule has 0 radical (unpaired) electrons. The number of esters is 2. The van der Waals surface area contributed by atoms with E-state index in [1.165, 1.54) is 12.8 Å². The number of rotatable bonds is 21. The maximum Gasteiger partial charge on any atom is 0.323 e. The number of nitriles is 1. The quantitative estimate of drug-likeness (QED) is 0.105. The summed E-state index contributed by atoms with van der Waals surface area (Å²) in [5.74, 6) is -1.74. The van der Waals surface area contributed by atoms with Gasteiger partial charge in [-0.3, -0.25) is 9.59 Å². The zero-order valence-corrected chi connectivity index (χ0v) is 26.7. The number of hydrogen-bond donors (Lipinski definition) is 0. The second-order valence-corrected chi connectivity index (χ2v) is 12.0. The van der Waals surface area contributed by atoms with Crippen LogP contribution in [0.4, 0.5) is 0 Å². The highest BCUT2D eigenvalue weighted by Gasteiger charge is 2.31. The predicted octanol–water partition coefficient (Wildman–Crippen LogP) is 5.30. The minimum Gasteiger partial charge on any atom is -0.747 e. The van der Waals surface area contributed by atoms with Crippen molar-refractivity contribution in [2.24, 2.45) is 11.8 Å². The number of carbonyl (C=O) groups excluding carboxylic acids is 2. The Bertz CT molecular complexity index is 988. The summed E-state index contributed by atoms with van der Waals surface area (Å²) >= 11 is 0. The fourth-order valence-electron chi connectivity index (χ4n) is 4.04. The molecule has 0 saturated carbocycles. The molecular weight excluding hydrogens is 546 g/mol. The first-order valence-corrected chi connectivity index (χ1v) is 16.7. The summed E-state index contributed by atoms with van der Waals surface area (Å²) in [7, 11) is -5.01. The molecule has 0 fully saturated rings. The highest BCUT2D eigenvalue weighted by molar-refractivity contribution is 7.87. The molecule has 0 bridgehead atoms. The van der Waals surface area contributed by atoms with Gasteiger partial charge in [0.25, 0.3) is 0 Å². The van der Waals surface area contributed by atoms with Crippen molar-refractivity contribution in [1.29, 1.82) is 5.26 Å². The smallest absolute Gasteiger partial charge is 0.323 e. The van der Waals surface area contributed by atoms with E-state index in [2.05, 4.69) is 48.5 Å². The van der Waals surface area contributed by atoms with Crippen molar-refractivity contribution in [2.75, 3.05) is 13.2 Å². The lowest BCUT2D eigenvalue weighted by Gasteiger charge is -2.21. The molecular formula is C30H53N3O7S. The fourth-order valence-corrected chi connectivity index (χ4v) is 4.68. The SMILES string of the molecule is CCCCC(CC)COC(=O)CC(C(=O)OCC(CC)CCCC)S(=O)(=O)[O-].CCCCn1cc[n+](CCC#N)c1. The predicted molar refractivity (Wildman–Crippen MR) is 156 cm³/mol. The Kier molecular flexibility index (Phi) is 21.8. The van der Waals surface area contributed by atoms with Crippen molar-refractivity contribution in [3.8, 4) is 6.07 Å². The van der Waals surface area contributed by atoms with Crippen LogP contribution in [0.5, 0.6) is 0 Å². The number of hydrogen-bond acceptors (Lipinski definition) is 8. The van der Waals surface area contributed by atoms with E-state index in [-0.39, 0.29) is 25.0 Å². The molecule has 0 aliphatic heterocycles. The third kappa shape index (κ3) is 18.6. The Morgan fingerprint density at radius 3 is 2.00 bits per heavy atom. The molecule has 11 heteroatoms. The van der Waals surface area contributed by atoms with Crippen LogP contribution in [0.15, 0.2) is 18.7 Å². The van der Waals surface area contributed by atoms with Crippen LogP contribution in [-0.4, -0.2) is 47.9 Å². The third-order valence-corrected chi connectivity index (χ3v) is 8.05. The molecule has 10 nitrogen and oxygen atoms in total. The van der Waals surface area contributed by atoms with Crippen LogP contribution in [0.2, 0.25) is 0 Å². The highest BCUT2D eigenvalue weighted by Crippen LogP contribution is 2.17. The minimum atomic E-state index is -5.01. The first-order valence-electron chi connectivity index (χ1n) is 15.2. The summed E-state index contributed by atoms with van der Waals surface area (Å²) < 4.78 is 48.8. The number of carbonyl (C=O) groups is 2. The lowest BCUT2D eigenvalue weighted by molar-refractivity contribution is -0.695. The molecule has 0 amide bonds. The maximum absolute atomic E-state index is 12.1. The molecule has 41 heavy (non-hydrogen) atoms. The molecule has 0 N–H and O–H groups in total. The number of imidazole rings is 1. The van der Waals surface area contributed by atoms with E-state index in [1.54, 1.807) is 0 Å². The molecule has 0 spiro atoms. The lowest BCUT2D eigenvalue weighted by atomic mass is 10.0. The molecule has 0 aliphatic rings. The third-order valence-electron chi connectivity index (χ3n) is 6.99. The van der Waals surface area contributed by atoms with Crippen LogP contribution >= 0.6 is 0 Å². The molecule has 3 unspecified atom stereocenters. The minimum absolute atomic E-state index is 0.0470. The van der Waals surface area contributed by atoms with Gasteiger partial charge in [0.1, 0.15) is 29.1 Å². The van der Waals surface area contributed by atoms with Gasteiger partial charge in [-0.1, -0.05) is 79.6 Å². The Labute approximate surface area is 248 Å². The van der Waals surface area contributed by atoms with Gasteiger partial charge in [0, 0.05) is 0 Å². The van der Waals surface area contributed by atoms with Gasteiger partial charge < -0.3 is 14.0 Å². The summed E-state index contributed by atoms with van der Waals surface area (Å²) in [6, 6.07) is 2.14. The van der Waals surface area contributed by atoms with Gasteiger partial charge in [-0.25, -0.2) is 17.6 Å². The van der Waals surface area contributed by atoms with E-state index in [1.807, 2.05) is 20.0 Å². The second kappa shape index (κ2) is 23.1. The lowest BCUT2D eigenvalue weighted by Crippen LogP contribution is -2.35. The van der Waals surface area contributed by atoms with Gasteiger partial charge in [-0.2, -0.15) is 5.26 Å². The number of nitrogens with zero attached hydrogens (tertiary/aromatic N) is 3. The fraction of sp³-hybridized carbons (Fsp3) is 0.800. The highest BCUT2D eigenvalue weighted by atomic mass is 32.2. The van der Waals surface area contributed by atoms with E-state index >= 15 is 0 Å². The monoisotopic (exact) mass is 599 g/mol. The Balaban J connectivity index is 0.00000102. The Morgan fingerprint density at radius 1 is 0.951 bits per heavy atom. The molecule has 0 aliphatic carbocycles. The second-order valence-electron chi connectivity index (χ2n) is 10.5. The van der Waals surface area contributed by atoms with Crippen molar-refractivity contribution in [1.82, 2.24) is 4.57 Å². The van der Waals surface area contributed by atoms with Crippen molar-refractivity contribution in [2.45, 2.75) is 130 Å². The molecule has 1 aromatic heterocycles. The summed E-state index contributed by atoms with van der Waals surface area (Å²) in [5, 5.41) is 6.35. The molecule has 1 heterocycles. The van der Waals surface area contributed by atoms with Gasteiger partial charge in [-0.15, -0.1) is 0 Å². The van der Waals surface area contributed by atoms with Crippen LogP contribution in [0.25, 0.3) is 0 Å². The van der Waals surface area contributed by atoms with Gasteiger partial charge in [0.05, 0.1) is 38.7 Å². The van der Waals surface area contributed by atoms with Crippen molar-refractivity contribution in [3.63, 3.8) is 0 Å². The van der Waals surface area contributed by atoms with Crippen molar-refractivity contribution in [3.05, 3.63) is 18.7 Å². The van der Waals surface area contributed by atoms with Crippen LogP contribution in [-0.2, 0) is 42.3 Å². The van der Waals surface area contributed by atoms with E-state index in [0.29, 0.717) is 6.42 Å². The van der Waals surface area contributed by atoms with Gasteiger partial charge in [0.15, 0.2) is 5.25 Å². The number of aromatic nitrogens is 2. The topological polar surface area (TPSA) is 142 Å². The van der Waals surface area contributed by atoms with Gasteiger partial charge in [-0.05, 0) is 31.1 Å². The summed E-state index contributed by atoms with van der Waals surface area (Å²) in [4.78, 5) is 24.1. The largest absolute Gasteiger partial charge is 0.747 e. The van der Waals surface area contributed by atoms with Gasteiger partial charge >= 0.3 is 11.9 Å². The van der Waals surface area contributed by atoms with Crippen molar-refractivity contribution < 1.29 is 36.6 Å². The normalized spacial score (nSPS) is 13.3. The summed E-state index contributed by atoms with van der Waals surface area (Å²) in [6.07, 6.45) is 15.7. The van der Waals surface area contributed by atoms with Crippen LogP contribution in [0.1, 0.15) is 112 Å². The first-order chi connectivity index (χ1) is 19.6. The molecule has 0 saturated heterocycles. The van der Waals surface area contributed by atoms with E-state index < -0.39 is 33.7 Å². The van der Waals surface area contributed by atoms with Crippen LogP contribution in [0, 0.1) is 23.2 Å². The average molecular weight is 600 g/mol. The van der Waals surface area contributed by atoms with E-state index in [0.717, 1.165) is 64.5 Å². The first kappa shape index (κ1) is 38.5. The zero-order valence-electron chi connectivity index (χ0n) is 25.9. The molecule has 236 valence electrons. The number of ether oxygens (including phenoxy) is 2. The van der Waals surface area contributed by atoms with E-state index in [4.69, 9.17) is 14.7 Å². The molecule has 0 aromatic carbocycles. The maximum atomic E-state index is 12.1. The van der Waals surface area contributed by atoms with E-state index in [9.17, 15) is 22.6 Å². The van der Waals surface area contributed by atoms with Crippen LogP contribution < -0.4 is 4.57 Å². The van der Waals surface area contributed by atoms with Gasteiger partial charge in [0.2, 0.25) is 6.33 Å². The zero-order chi connectivity index (χ0) is 31.1. The van der Waals surface area contributed by atoms with Crippen molar-refractivity contribution >= 4 is 22.1 Å². The number of unbranched alkanes of at least 4 members (excludes halogenated alkanes) is 3. The Hall–Kier alpha value is -2.45.